The van der Waals surface area contributed by atoms with Gasteiger partial charge >= 0.3 is 5.97 Å². The second kappa shape index (κ2) is 5.64. The van der Waals surface area contributed by atoms with Crippen molar-refractivity contribution in [2.75, 3.05) is 7.05 Å². The Morgan fingerprint density at radius 3 is 2.48 bits per heavy atom. The fraction of sp³-hybridized carbons (Fsp3) is 0.500. The Kier molecular flexibility index (Phi) is 4.15. The van der Waals surface area contributed by atoms with Crippen molar-refractivity contribution in [3.63, 3.8) is 0 Å². The monoisotopic (exact) mass is 318 g/mol. The smallest absolute Gasteiger partial charge is 0.329 e. The lowest BCUT2D eigenvalue weighted by molar-refractivity contribution is -0.147. The Hall–Kier alpha value is -2.44. The van der Waals surface area contributed by atoms with Crippen molar-refractivity contribution in [2.24, 2.45) is 0 Å². The Bertz CT molecular complexity index is 777. The number of hydrogen-bond donors (Lipinski definition) is 1. The molecule has 0 unspecified atom stereocenters. The van der Waals surface area contributed by atoms with Gasteiger partial charge in [-0.15, -0.1) is 0 Å². The van der Waals surface area contributed by atoms with Crippen LogP contribution in [-0.4, -0.2) is 49.2 Å². The minimum Gasteiger partial charge on any atom is -0.480 e. The summed E-state index contributed by atoms with van der Waals surface area (Å²) in [5.74, 6) is -1.44. The number of carboxylic acid groups (broad SMARTS) is 1. The van der Waals surface area contributed by atoms with E-state index in [9.17, 15) is 14.7 Å². The SMILES string of the molecule is Cc1nc2c(cnn2C(C)C)cc1C(=O)N(C)C(C)(C)C(=O)O. The minimum absolute atomic E-state index is 0.162. The summed E-state index contributed by atoms with van der Waals surface area (Å²) >= 11 is 0. The van der Waals surface area contributed by atoms with E-state index in [0.717, 1.165) is 5.39 Å². The molecular formula is C16H22N4O3. The lowest BCUT2D eigenvalue weighted by Gasteiger charge is -2.31. The Labute approximate surface area is 134 Å². The van der Waals surface area contributed by atoms with Crippen molar-refractivity contribution in [1.82, 2.24) is 19.7 Å². The second-order valence-electron chi connectivity index (χ2n) is 6.45. The summed E-state index contributed by atoms with van der Waals surface area (Å²) in [5.41, 5.74) is 0.352. The van der Waals surface area contributed by atoms with Crippen LogP contribution in [0.1, 0.15) is 49.8 Å². The molecule has 2 heterocycles. The highest BCUT2D eigenvalue weighted by molar-refractivity contribution is 6.00. The number of rotatable bonds is 4. The lowest BCUT2D eigenvalue weighted by Crippen LogP contribution is -2.50. The van der Waals surface area contributed by atoms with E-state index in [1.807, 2.05) is 13.8 Å². The molecule has 1 N–H and O–H groups in total. The van der Waals surface area contributed by atoms with Crippen molar-refractivity contribution < 1.29 is 14.7 Å². The van der Waals surface area contributed by atoms with Crippen LogP contribution in [0, 0.1) is 6.92 Å². The van der Waals surface area contributed by atoms with Gasteiger partial charge in [0.05, 0.1) is 17.5 Å². The van der Waals surface area contributed by atoms with Crippen molar-refractivity contribution in [1.29, 1.82) is 0 Å². The molecule has 0 radical (unpaired) electrons. The summed E-state index contributed by atoms with van der Waals surface area (Å²) in [7, 11) is 1.48. The summed E-state index contributed by atoms with van der Waals surface area (Å²) in [6.07, 6.45) is 1.67. The molecule has 0 spiro atoms. The molecule has 2 aromatic rings. The van der Waals surface area contributed by atoms with Gasteiger partial charge in [-0.05, 0) is 40.7 Å². The van der Waals surface area contributed by atoms with Crippen LogP contribution in [0.3, 0.4) is 0 Å². The molecule has 7 nitrogen and oxygen atoms in total. The summed E-state index contributed by atoms with van der Waals surface area (Å²) in [4.78, 5) is 29.8. The maximum absolute atomic E-state index is 12.7. The number of pyridine rings is 1. The topological polar surface area (TPSA) is 88.3 Å². The number of aromatic nitrogens is 3. The number of aliphatic carboxylic acids is 1. The normalized spacial score (nSPS) is 12.0. The van der Waals surface area contributed by atoms with Gasteiger partial charge in [0, 0.05) is 18.5 Å². The third kappa shape index (κ3) is 2.78. The number of aryl methyl sites for hydroxylation is 1. The van der Waals surface area contributed by atoms with Crippen LogP contribution < -0.4 is 0 Å². The third-order valence-corrected chi connectivity index (χ3v) is 4.15. The maximum Gasteiger partial charge on any atom is 0.329 e. The van der Waals surface area contributed by atoms with Gasteiger partial charge in [0.25, 0.3) is 5.91 Å². The van der Waals surface area contributed by atoms with E-state index in [1.54, 1.807) is 23.9 Å². The predicted molar refractivity (Wildman–Crippen MR) is 86.5 cm³/mol. The average Bonchev–Trinajstić information content (AvgIpc) is 2.87. The number of carboxylic acids is 1. The van der Waals surface area contributed by atoms with Crippen LogP contribution in [0.5, 0.6) is 0 Å². The molecule has 1 amide bonds. The highest BCUT2D eigenvalue weighted by Gasteiger charge is 2.36. The van der Waals surface area contributed by atoms with Crippen LogP contribution in [-0.2, 0) is 4.79 Å². The van der Waals surface area contributed by atoms with E-state index in [4.69, 9.17) is 0 Å². The number of fused-ring (bicyclic) bond motifs is 1. The molecule has 7 heteroatoms. The number of hydrogen-bond acceptors (Lipinski definition) is 4. The van der Waals surface area contributed by atoms with Crippen LogP contribution >= 0.6 is 0 Å². The van der Waals surface area contributed by atoms with Gasteiger partial charge in [0.2, 0.25) is 0 Å². The zero-order valence-electron chi connectivity index (χ0n) is 14.3. The molecule has 0 aliphatic carbocycles. The van der Waals surface area contributed by atoms with E-state index in [1.165, 1.54) is 25.8 Å². The number of carbonyl (C=O) groups is 2. The molecular weight excluding hydrogens is 296 g/mol. The van der Waals surface area contributed by atoms with E-state index in [0.29, 0.717) is 16.9 Å². The van der Waals surface area contributed by atoms with Gasteiger partial charge < -0.3 is 10.0 Å². The van der Waals surface area contributed by atoms with E-state index >= 15 is 0 Å². The number of nitrogens with zero attached hydrogens (tertiary/aromatic N) is 4. The Morgan fingerprint density at radius 1 is 1.35 bits per heavy atom. The fourth-order valence-electron chi connectivity index (χ4n) is 2.24. The molecule has 0 bridgehead atoms. The standard InChI is InChI=1S/C16H22N4O3/c1-9(2)20-13-11(8-17-20)7-12(10(3)18-13)14(21)19(6)16(4,5)15(22)23/h7-9H,1-6H3,(H,22,23). The van der Waals surface area contributed by atoms with E-state index < -0.39 is 11.5 Å². The van der Waals surface area contributed by atoms with Crippen molar-refractivity contribution in [2.45, 2.75) is 46.2 Å². The largest absolute Gasteiger partial charge is 0.480 e. The third-order valence-electron chi connectivity index (χ3n) is 4.15. The van der Waals surface area contributed by atoms with Crippen LogP contribution in [0.25, 0.3) is 11.0 Å². The Balaban J connectivity index is 2.50. The van der Waals surface area contributed by atoms with Gasteiger partial charge in [-0.1, -0.05) is 0 Å². The minimum atomic E-state index is -1.30. The second-order valence-corrected chi connectivity index (χ2v) is 6.45. The molecule has 0 aliphatic rings. The quantitative estimate of drug-likeness (QED) is 0.934. The average molecular weight is 318 g/mol. The first-order valence-corrected chi connectivity index (χ1v) is 7.43. The van der Waals surface area contributed by atoms with Gasteiger partial charge in [-0.2, -0.15) is 5.10 Å². The summed E-state index contributed by atoms with van der Waals surface area (Å²) in [6, 6.07) is 1.88. The molecule has 0 aromatic carbocycles. The zero-order chi connectivity index (χ0) is 17.5. The van der Waals surface area contributed by atoms with Crippen LogP contribution in [0.4, 0.5) is 0 Å². The van der Waals surface area contributed by atoms with Gasteiger partial charge in [-0.25, -0.2) is 14.5 Å². The highest BCUT2D eigenvalue weighted by atomic mass is 16.4. The molecule has 0 atom stereocenters. The fourth-order valence-corrected chi connectivity index (χ4v) is 2.24. The molecule has 0 aliphatic heterocycles. The number of likely N-dealkylation sites (N-methyl/N-ethyl adjacent to an activating group) is 1. The molecule has 0 saturated carbocycles. The lowest BCUT2D eigenvalue weighted by atomic mass is 10.0. The van der Waals surface area contributed by atoms with Crippen LogP contribution in [0.2, 0.25) is 0 Å². The number of amides is 1. The zero-order valence-corrected chi connectivity index (χ0v) is 14.3. The van der Waals surface area contributed by atoms with Gasteiger partial charge in [-0.3, -0.25) is 4.79 Å². The molecule has 23 heavy (non-hydrogen) atoms. The van der Waals surface area contributed by atoms with Crippen molar-refractivity contribution >= 4 is 22.9 Å². The summed E-state index contributed by atoms with van der Waals surface area (Å²) in [5, 5.41) is 14.3. The van der Waals surface area contributed by atoms with E-state index in [2.05, 4.69) is 10.1 Å². The summed E-state index contributed by atoms with van der Waals surface area (Å²) in [6.45, 7) is 8.74. The number of carbonyl (C=O) groups excluding carboxylic acids is 1. The van der Waals surface area contributed by atoms with Gasteiger partial charge in [0.1, 0.15) is 5.54 Å². The van der Waals surface area contributed by atoms with Gasteiger partial charge in [0.15, 0.2) is 5.65 Å². The van der Waals surface area contributed by atoms with Crippen molar-refractivity contribution in [3.8, 4) is 0 Å². The van der Waals surface area contributed by atoms with E-state index in [-0.39, 0.29) is 11.9 Å². The maximum atomic E-state index is 12.7. The molecule has 2 aromatic heterocycles. The first-order chi connectivity index (χ1) is 10.6. The molecule has 0 fully saturated rings. The molecule has 0 saturated heterocycles. The van der Waals surface area contributed by atoms with Crippen molar-refractivity contribution in [3.05, 3.63) is 23.5 Å². The first kappa shape index (κ1) is 16.9. The first-order valence-electron chi connectivity index (χ1n) is 7.43. The highest BCUT2D eigenvalue weighted by Crippen LogP contribution is 2.22. The summed E-state index contributed by atoms with van der Waals surface area (Å²) < 4.78 is 1.79. The van der Waals surface area contributed by atoms with Crippen LogP contribution in [0.15, 0.2) is 12.3 Å². The predicted octanol–water partition coefficient (Wildman–Crippen LogP) is 2.26. The Morgan fingerprint density at radius 2 is 1.96 bits per heavy atom. The molecule has 124 valence electrons. The molecule has 2 rings (SSSR count).